The molecular weight excluding hydrogens is 336 g/mol. The number of halogens is 1. The van der Waals surface area contributed by atoms with E-state index in [4.69, 9.17) is 5.11 Å². The molecule has 0 aliphatic heterocycles. The summed E-state index contributed by atoms with van der Waals surface area (Å²) in [5.41, 5.74) is 0.657. The van der Waals surface area contributed by atoms with Crippen LogP contribution in [0, 0.1) is 11.3 Å². The Bertz CT molecular complexity index is 538. The molecular formula is C15H21BrN2O3. The Kier molecular flexibility index (Phi) is 5.78. The molecule has 0 heterocycles. The Morgan fingerprint density at radius 1 is 1.33 bits per heavy atom. The normalized spacial score (nSPS) is 12.6. The van der Waals surface area contributed by atoms with E-state index in [2.05, 4.69) is 54.3 Å². The fourth-order valence-electron chi connectivity index (χ4n) is 1.47. The van der Waals surface area contributed by atoms with Crippen LogP contribution in [0.4, 0.5) is 10.5 Å². The summed E-state index contributed by atoms with van der Waals surface area (Å²) in [5.74, 6) is -0.718. The van der Waals surface area contributed by atoms with Crippen molar-refractivity contribution in [1.82, 2.24) is 5.32 Å². The molecule has 0 saturated carbocycles. The van der Waals surface area contributed by atoms with Gasteiger partial charge in [-0.1, -0.05) is 27.7 Å². The molecule has 0 radical (unpaired) electrons. The first-order chi connectivity index (χ1) is 9.61. The molecule has 6 heteroatoms. The van der Waals surface area contributed by atoms with Gasteiger partial charge >= 0.3 is 12.0 Å². The molecule has 0 fully saturated rings. The van der Waals surface area contributed by atoms with Gasteiger partial charge in [0.15, 0.2) is 0 Å². The Morgan fingerprint density at radius 2 is 1.95 bits per heavy atom. The quantitative estimate of drug-likeness (QED) is 0.763. The number of amides is 2. The van der Waals surface area contributed by atoms with E-state index in [1.54, 1.807) is 6.07 Å². The van der Waals surface area contributed by atoms with Gasteiger partial charge in [0.25, 0.3) is 0 Å². The Balaban J connectivity index is 2.67. The third kappa shape index (κ3) is 5.38. The molecule has 3 N–H and O–H groups in total. The molecule has 1 atom stereocenters. The van der Waals surface area contributed by atoms with Gasteiger partial charge in [0.1, 0.15) is 0 Å². The zero-order chi connectivity index (χ0) is 16.2. The first-order valence-electron chi connectivity index (χ1n) is 6.69. The second-order valence-corrected chi connectivity index (χ2v) is 6.96. The minimum Gasteiger partial charge on any atom is -0.478 e. The molecule has 0 spiro atoms. The van der Waals surface area contributed by atoms with Gasteiger partial charge in [-0.2, -0.15) is 0 Å². The molecule has 0 saturated heterocycles. The SMILES string of the molecule is CC(CNC(=O)Nc1cc(C(=O)O)ccc1Br)C(C)(C)C. The Morgan fingerprint density at radius 3 is 2.48 bits per heavy atom. The van der Waals surface area contributed by atoms with Crippen LogP contribution in [0.15, 0.2) is 22.7 Å². The van der Waals surface area contributed by atoms with Gasteiger partial charge < -0.3 is 15.7 Å². The number of carbonyl (C=O) groups excluding carboxylic acids is 1. The highest BCUT2D eigenvalue weighted by Crippen LogP contribution is 2.25. The molecule has 0 bridgehead atoms. The molecule has 1 aromatic carbocycles. The highest BCUT2D eigenvalue weighted by molar-refractivity contribution is 9.10. The third-order valence-corrected chi connectivity index (χ3v) is 4.20. The van der Waals surface area contributed by atoms with Gasteiger partial charge in [-0.15, -0.1) is 0 Å². The standard InChI is InChI=1S/C15H21BrN2O3/c1-9(15(2,3)4)8-17-14(21)18-12-7-10(13(19)20)5-6-11(12)16/h5-7,9H,8H2,1-4H3,(H,19,20)(H2,17,18,21). The molecule has 1 aromatic rings. The molecule has 5 nitrogen and oxygen atoms in total. The first-order valence-corrected chi connectivity index (χ1v) is 7.48. The zero-order valence-corrected chi connectivity index (χ0v) is 14.2. The van der Waals surface area contributed by atoms with Gasteiger partial charge in [0.05, 0.1) is 11.3 Å². The largest absolute Gasteiger partial charge is 0.478 e. The second kappa shape index (κ2) is 6.93. The van der Waals surface area contributed by atoms with Crippen LogP contribution < -0.4 is 10.6 Å². The van der Waals surface area contributed by atoms with Crippen molar-refractivity contribution in [2.75, 3.05) is 11.9 Å². The van der Waals surface area contributed by atoms with Crippen molar-refractivity contribution in [2.45, 2.75) is 27.7 Å². The predicted molar refractivity (Wildman–Crippen MR) is 86.7 cm³/mol. The van der Waals surface area contributed by atoms with Crippen molar-refractivity contribution in [2.24, 2.45) is 11.3 Å². The van der Waals surface area contributed by atoms with E-state index in [1.807, 2.05) is 0 Å². The lowest BCUT2D eigenvalue weighted by Crippen LogP contribution is -2.36. The van der Waals surface area contributed by atoms with Crippen molar-refractivity contribution >= 4 is 33.6 Å². The number of carboxylic acid groups (broad SMARTS) is 1. The number of anilines is 1. The summed E-state index contributed by atoms with van der Waals surface area (Å²) in [5, 5.41) is 14.4. The maximum atomic E-state index is 11.9. The van der Waals surface area contributed by atoms with E-state index in [9.17, 15) is 9.59 Å². The third-order valence-electron chi connectivity index (χ3n) is 3.51. The van der Waals surface area contributed by atoms with E-state index >= 15 is 0 Å². The van der Waals surface area contributed by atoms with E-state index in [0.717, 1.165) is 0 Å². The maximum Gasteiger partial charge on any atom is 0.335 e. The van der Waals surface area contributed by atoms with Gasteiger partial charge in [0, 0.05) is 11.0 Å². The van der Waals surface area contributed by atoms with E-state index in [0.29, 0.717) is 22.6 Å². The van der Waals surface area contributed by atoms with Gasteiger partial charge in [0.2, 0.25) is 0 Å². The molecule has 0 aliphatic rings. The fourth-order valence-corrected chi connectivity index (χ4v) is 1.82. The maximum absolute atomic E-state index is 11.9. The van der Waals surface area contributed by atoms with Gasteiger partial charge in [-0.25, -0.2) is 9.59 Å². The average Bonchev–Trinajstić information content (AvgIpc) is 2.37. The summed E-state index contributed by atoms with van der Waals surface area (Å²) in [6.07, 6.45) is 0. The van der Waals surface area contributed by atoms with Crippen LogP contribution in [0.5, 0.6) is 0 Å². The van der Waals surface area contributed by atoms with Crippen molar-refractivity contribution in [1.29, 1.82) is 0 Å². The summed E-state index contributed by atoms with van der Waals surface area (Å²) >= 11 is 3.28. The molecule has 116 valence electrons. The zero-order valence-electron chi connectivity index (χ0n) is 12.7. The summed E-state index contributed by atoms with van der Waals surface area (Å²) in [6, 6.07) is 4.13. The molecule has 0 aromatic heterocycles. The Labute approximate surface area is 133 Å². The number of hydrogen-bond donors (Lipinski definition) is 3. The van der Waals surface area contributed by atoms with Crippen LogP contribution in [0.1, 0.15) is 38.1 Å². The van der Waals surface area contributed by atoms with Gasteiger partial charge in [-0.3, -0.25) is 0 Å². The van der Waals surface area contributed by atoms with Crippen molar-refractivity contribution < 1.29 is 14.7 Å². The van der Waals surface area contributed by atoms with Crippen LogP contribution in [0.3, 0.4) is 0 Å². The van der Waals surface area contributed by atoms with Crippen LogP contribution in [-0.2, 0) is 0 Å². The number of urea groups is 1. The number of benzene rings is 1. The van der Waals surface area contributed by atoms with Crippen molar-refractivity contribution in [3.8, 4) is 0 Å². The van der Waals surface area contributed by atoms with E-state index in [1.165, 1.54) is 12.1 Å². The lowest BCUT2D eigenvalue weighted by Gasteiger charge is -2.27. The lowest BCUT2D eigenvalue weighted by molar-refractivity contribution is 0.0697. The smallest absolute Gasteiger partial charge is 0.335 e. The van der Waals surface area contributed by atoms with Crippen LogP contribution in [0.25, 0.3) is 0 Å². The molecule has 1 rings (SSSR count). The molecule has 1 unspecified atom stereocenters. The van der Waals surface area contributed by atoms with Crippen molar-refractivity contribution in [3.63, 3.8) is 0 Å². The summed E-state index contributed by atoms with van der Waals surface area (Å²) in [7, 11) is 0. The first kappa shape index (κ1) is 17.5. The second-order valence-electron chi connectivity index (χ2n) is 6.10. The topological polar surface area (TPSA) is 78.4 Å². The Hall–Kier alpha value is -1.56. The predicted octanol–water partition coefficient (Wildman–Crippen LogP) is 3.95. The van der Waals surface area contributed by atoms with Crippen LogP contribution in [0.2, 0.25) is 0 Å². The number of hydrogen-bond acceptors (Lipinski definition) is 2. The van der Waals surface area contributed by atoms with E-state index < -0.39 is 5.97 Å². The van der Waals surface area contributed by atoms with E-state index in [-0.39, 0.29) is 17.0 Å². The number of nitrogens with one attached hydrogen (secondary N) is 2. The highest BCUT2D eigenvalue weighted by atomic mass is 79.9. The number of aromatic carboxylic acids is 1. The summed E-state index contributed by atoms with van der Waals surface area (Å²) in [6.45, 7) is 8.96. The van der Waals surface area contributed by atoms with Crippen LogP contribution in [-0.4, -0.2) is 23.7 Å². The minimum absolute atomic E-state index is 0.108. The number of rotatable bonds is 4. The van der Waals surface area contributed by atoms with Gasteiger partial charge in [-0.05, 0) is 45.5 Å². The fraction of sp³-hybridized carbons (Fsp3) is 0.467. The average molecular weight is 357 g/mol. The molecule has 21 heavy (non-hydrogen) atoms. The highest BCUT2D eigenvalue weighted by Gasteiger charge is 2.20. The monoisotopic (exact) mass is 356 g/mol. The van der Waals surface area contributed by atoms with Crippen molar-refractivity contribution in [3.05, 3.63) is 28.2 Å². The van der Waals surface area contributed by atoms with Crippen LogP contribution >= 0.6 is 15.9 Å². The lowest BCUT2D eigenvalue weighted by atomic mass is 9.82. The number of carboxylic acids is 1. The number of carbonyl (C=O) groups is 2. The molecule has 2 amide bonds. The summed E-state index contributed by atoms with van der Waals surface area (Å²) < 4.78 is 0.631. The molecule has 0 aliphatic carbocycles. The minimum atomic E-state index is -1.03. The summed E-state index contributed by atoms with van der Waals surface area (Å²) in [4.78, 5) is 22.8.